The Balaban J connectivity index is 1.45. The summed E-state index contributed by atoms with van der Waals surface area (Å²) in [4.78, 5) is 21.5. The molecule has 0 aliphatic carbocycles. The van der Waals surface area contributed by atoms with Gasteiger partial charge in [-0.2, -0.15) is 0 Å². The Bertz CT molecular complexity index is 962. The largest absolute Gasteiger partial charge is 0.379 e. The summed E-state index contributed by atoms with van der Waals surface area (Å²) in [6.45, 7) is 4.45. The topological polar surface area (TPSA) is 57.7 Å². The molecule has 0 radical (unpaired) electrons. The molecule has 7 heteroatoms. The van der Waals surface area contributed by atoms with Crippen LogP contribution in [0.4, 0.5) is 10.8 Å². The van der Waals surface area contributed by atoms with Gasteiger partial charge in [0.25, 0.3) is 5.91 Å². The zero-order valence-corrected chi connectivity index (χ0v) is 17.0. The zero-order chi connectivity index (χ0) is 19.5. The molecule has 0 saturated carbocycles. The maximum atomic E-state index is 12.5. The van der Waals surface area contributed by atoms with Crippen LogP contribution in [0.5, 0.6) is 0 Å². The van der Waals surface area contributed by atoms with Gasteiger partial charge < -0.3 is 9.64 Å². The van der Waals surface area contributed by atoms with Crippen LogP contribution >= 0.6 is 11.3 Å². The molecule has 2 aromatic carbocycles. The highest BCUT2D eigenvalue weighted by Gasteiger charge is 2.13. The van der Waals surface area contributed by atoms with Gasteiger partial charge in [-0.3, -0.25) is 15.0 Å². The van der Waals surface area contributed by atoms with Crippen LogP contribution in [-0.4, -0.2) is 56.2 Å². The smallest absolute Gasteiger partial charge is 0.257 e. The van der Waals surface area contributed by atoms with Gasteiger partial charge in [0.2, 0.25) is 0 Å². The Morgan fingerprint density at radius 2 is 1.93 bits per heavy atom. The van der Waals surface area contributed by atoms with Crippen molar-refractivity contribution in [3.8, 4) is 0 Å². The predicted octanol–water partition coefficient (Wildman–Crippen LogP) is 3.45. The number of amides is 1. The lowest BCUT2D eigenvalue weighted by atomic mass is 10.2. The van der Waals surface area contributed by atoms with E-state index in [1.54, 1.807) is 0 Å². The monoisotopic (exact) mass is 396 g/mol. The van der Waals surface area contributed by atoms with Crippen LogP contribution in [0.1, 0.15) is 15.9 Å². The van der Waals surface area contributed by atoms with E-state index in [0.717, 1.165) is 48.8 Å². The molecule has 0 bridgehead atoms. The summed E-state index contributed by atoms with van der Waals surface area (Å²) >= 11 is 1.51. The maximum Gasteiger partial charge on any atom is 0.257 e. The van der Waals surface area contributed by atoms with Crippen LogP contribution < -0.4 is 10.2 Å². The molecule has 1 amide bonds. The summed E-state index contributed by atoms with van der Waals surface area (Å²) in [6, 6.07) is 13.9. The molecular weight excluding hydrogens is 372 g/mol. The van der Waals surface area contributed by atoms with Gasteiger partial charge in [0.1, 0.15) is 0 Å². The second kappa shape index (κ2) is 8.26. The molecule has 3 aromatic rings. The fourth-order valence-corrected chi connectivity index (χ4v) is 4.14. The zero-order valence-electron chi connectivity index (χ0n) is 16.1. The number of aromatic nitrogens is 1. The molecule has 1 fully saturated rings. The van der Waals surface area contributed by atoms with Gasteiger partial charge >= 0.3 is 0 Å². The Morgan fingerprint density at radius 3 is 2.64 bits per heavy atom. The molecular formula is C21H24N4O2S. The first-order valence-corrected chi connectivity index (χ1v) is 10.2. The molecule has 146 valence electrons. The average molecular weight is 397 g/mol. The van der Waals surface area contributed by atoms with E-state index in [9.17, 15) is 4.79 Å². The first kappa shape index (κ1) is 18.9. The Hall–Kier alpha value is -2.48. The molecule has 4 rings (SSSR count). The lowest BCUT2D eigenvalue weighted by molar-refractivity contribution is 0.0342. The first-order chi connectivity index (χ1) is 13.6. The number of fused-ring (bicyclic) bond motifs is 1. The van der Waals surface area contributed by atoms with Crippen molar-refractivity contribution in [2.75, 3.05) is 50.6 Å². The number of anilines is 2. The third-order valence-corrected chi connectivity index (χ3v) is 5.76. The van der Waals surface area contributed by atoms with Crippen molar-refractivity contribution in [3.05, 3.63) is 53.6 Å². The Kier molecular flexibility index (Phi) is 5.57. The van der Waals surface area contributed by atoms with Crippen molar-refractivity contribution in [2.45, 2.75) is 6.54 Å². The first-order valence-electron chi connectivity index (χ1n) is 9.37. The fraction of sp³-hybridized carbons (Fsp3) is 0.333. The SMILES string of the molecule is CN(C)c1ccc(C(=O)Nc2nc3ccc(CN4CCOCC4)cc3s2)cc1. The van der Waals surface area contributed by atoms with E-state index >= 15 is 0 Å². The maximum absolute atomic E-state index is 12.5. The second-order valence-corrected chi connectivity index (χ2v) is 8.14. The minimum absolute atomic E-state index is 0.141. The quantitative estimate of drug-likeness (QED) is 0.716. The van der Waals surface area contributed by atoms with Gasteiger partial charge in [-0.1, -0.05) is 17.4 Å². The van der Waals surface area contributed by atoms with Crippen molar-refractivity contribution < 1.29 is 9.53 Å². The van der Waals surface area contributed by atoms with Gasteiger partial charge in [-0.15, -0.1) is 0 Å². The number of nitrogens with one attached hydrogen (secondary N) is 1. The van der Waals surface area contributed by atoms with E-state index in [0.29, 0.717) is 10.7 Å². The Labute approximate surface area is 168 Å². The van der Waals surface area contributed by atoms with E-state index in [-0.39, 0.29) is 5.91 Å². The molecule has 6 nitrogen and oxygen atoms in total. The molecule has 0 atom stereocenters. The predicted molar refractivity (Wildman–Crippen MR) is 114 cm³/mol. The van der Waals surface area contributed by atoms with Crippen molar-refractivity contribution in [1.82, 2.24) is 9.88 Å². The minimum atomic E-state index is -0.141. The molecule has 2 heterocycles. The lowest BCUT2D eigenvalue weighted by Crippen LogP contribution is -2.35. The molecule has 0 unspecified atom stereocenters. The molecule has 1 aromatic heterocycles. The highest BCUT2D eigenvalue weighted by Crippen LogP contribution is 2.28. The number of hydrogen-bond donors (Lipinski definition) is 1. The van der Waals surface area contributed by atoms with Crippen molar-refractivity contribution >= 4 is 38.3 Å². The van der Waals surface area contributed by atoms with Crippen LogP contribution in [0.15, 0.2) is 42.5 Å². The second-order valence-electron chi connectivity index (χ2n) is 7.11. The number of benzene rings is 2. The van der Waals surface area contributed by atoms with Gasteiger partial charge in [0, 0.05) is 45.0 Å². The molecule has 1 saturated heterocycles. The number of nitrogens with zero attached hydrogens (tertiary/aromatic N) is 3. The molecule has 1 N–H and O–H groups in total. The number of thiazole rings is 1. The summed E-state index contributed by atoms with van der Waals surface area (Å²) in [5, 5.41) is 3.55. The number of rotatable bonds is 5. The van der Waals surface area contributed by atoms with Crippen LogP contribution in [0.2, 0.25) is 0 Å². The third-order valence-electron chi connectivity index (χ3n) is 4.83. The third kappa shape index (κ3) is 4.32. The van der Waals surface area contributed by atoms with Crippen LogP contribution in [0.25, 0.3) is 10.2 Å². The van der Waals surface area contributed by atoms with E-state index in [1.165, 1.54) is 16.9 Å². The van der Waals surface area contributed by atoms with E-state index < -0.39 is 0 Å². The molecule has 0 spiro atoms. The highest BCUT2D eigenvalue weighted by molar-refractivity contribution is 7.22. The standard InChI is InChI=1S/C21H24N4O2S/c1-24(2)17-6-4-16(5-7-17)20(26)23-21-22-18-8-3-15(13-19(18)28-21)14-25-9-11-27-12-10-25/h3-8,13H,9-12,14H2,1-2H3,(H,22,23,26). The molecule has 1 aliphatic heterocycles. The summed E-state index contributed by atoms with van der Waals surface area (Å²) in [6.07, 6.45) is 0. The lowest BCUT2D eigenvalue weighted by Gasteiger charge is -2.26. The van der Waals surface area contributed by atoms with Gasteiger partial charge in [0.15, 0.2) is 5.13 Å². The van der Waals surface area contributed by atoms with E-state index in [2.05, 4.69) is 27.3 Å². The number of carbonyl (C=O) groups is 1. The summed E-state index contributed by atoms with van der Waals surface area (Å²) in [5.74, 6) is -0.141. The average Bonchev–Trinajstić information content (AvgIpc) is 3.10. The van der Waals surface area contributed by atoms with Crippen molar-refractivity contribution in [2.24, 2.45) is 0 Å². The van der Waals surface area contributed by atoms with Crippen LogP contribution in [-0.2, 0) is 11.3 Å². The summed E-state index contributed by atoms with van der Waals surface area (Å²) in [5.41, 5.74) is 3.85. The van der Waals surface area contributed by atoms with Crippen molar-refractivity contribution in [1.29, 1.82) is 0 Å². The number of ether oxygens (including phenoxy) is 1. The summed E-state index contributed by atoms with van der Waals surface area (Å²) in [7, 11) is 3.95. The van der Waals surface area contributed by atoms with Gasteiger partial charge in [-0.05, 0) is 42.0 Å². The fourth-order valence-electron chi connectivity index (χ4n) is 3.22. The molecule has 1 aliphatic rings. The Morgan fingerprint density at radius 1 is 1.18 bits per heavy atom. The van der Waals surface area contributed by atoms with Gasteiger partial charge in [0.05, 0.1) is 23.4 Å². The number of morpholine rings is 1. The number of hydrogen-bond acceptors (Lipinski definition) is 6. The van der Waals surface area contributed by atoms with E-state index in [4.69, 9.17) is 4.74 Å². The number of carbonyl (C=O) groups excluding carboxylic acids is 1. The van der Waals surface area contributed by atoms with Crippen LogP contribution in [0, 0.1) is 0 Å². The normalized spacial score (nSPS) is 14.9. The molecule has 28 heavy (non-hydrogen) atoms. The minimum Gasteiger partial charge on any atom is -0.379 e. The summed E-state index contributed by atoms with van der Waals surface area (Å²) < 4.78 is 6.50. The van der Waals surface area contributed by atoms with Crippen LogP contribution in [0.3, 0.4) is 0 Å². The van der Waals surface area contributed by atoms with Gasteiger partial charge in [-0.25, -0.2) is 4.98 Å². The van der Waals surface area contributed by atoms with E-state index in [1.807, 2.05) is 49.3 Å². The highest BCUT2D eigenvalue weighted by atomic mass is 32.1. The van der Waals surface area contributed by atoms with Crippen molar-refractivity contribution in [3.63, 3.8) is 0 Å².